The number of likely N-dealkylation sites (N-methyl/N-ethyl adjacent to an activating group) is 1. The summed E-state index contributed by atoms with van der Waals surface area (Å²) in [7, 11) is 1.91. The summed E-state index contributed by atoms with van der Waals surface area (Å²) in [4.78, 5) is 19.0. The van der Waals surface area contributed by atoms with Crippen LogP contribution in [0.2, 0.25) is 0 Å². The van der Waals surface area contributed by atoms with Crippen LogP contribution in [0.1, 0.15) is 43.8 Å². The fourth-order valence-corrected chi connectivity index (χ4v) is 3.23. The quantitative estimate of drug-likeness (QED) is 0.766. The molecule has 0 saturated carbocycles. The number of aromatic nitrogens is 2. The number of hydrogen-bond donors (Lipinski definition) is 1. The lowest BCUT2D eigenvalue weighted by Crippen LogP contribution is -2.39. The molecule has 2 aromatic rings. The molecule has 0 aliphatic carbocycles. The van der Waals surface area contributed by atoms with Gasteiger partial charge in [0.05, 0.1) is 18.9 Å². The van der Waals surface area contributed by atoms with E-state index in [0.717, 1.165) is 31.6 Å². The Morgan fingerprint density at radius 1 is 1.41 bits per heavy atom. The molecule has 146 valence electrons. The maximum absolute atomic E-state index is 12.5. The van der Waals surface area contributed by atoms with E-state index in [4.69, 9.17) is 9.26 Å². The number of likely N-dealkylation sites (tertiary alicyclic amines) is 1. The van der Waals surface area contributed by atoms with E-state index in [1.807, 2.05) is 42.3 Å². The molecule has 1 N–H and O–H groups in total. The first kappa shape index (κ1) is 19.4. The number of nitrogens with zero attached hydrogens (tertiary/aromatic N) is 3. The Morgan fingerprint density at radius 2 is 2.22 bits per heavy atom. The van der Waals surface area contributed by atoms with E-state index in [2.05, 4.69) is 22.4 Å². The molecule has 1 aliphatic rings. The number of rotatable bonds is 8. The van der Waals surface area contributed by atoms with Crippen LogP contribution in [0.3, 0.4) is 0 Å². The summed E-state index contributed by atoms with van der Waals surface area (Å²) in [6, 6.07) is 9.86. The largest absolute Gasteiger partial charge is 0.493 e. The van der Waals surface area contributed by atoms with Gasteiger partial charge in [0.1, 0.15) is 5.75 Å². The van der Waals surface area contributed by atoms with Crippen LogP contribution in [-0.2, 0) is 11.2 Å². The number of ether oxygens (including phenoxy) is 1. The van der Waals surface area contributed by atoms with Gasteiger partial charge < -0.3 is 19.5 Å². The minimum atomic E-state index is 0.110. The second-order valence-electron chi connectivity index (χ2n) is 7.03. The lowest BCUT2D eigenvalue weighted by Gasteiger charge is -2.31. The highest BCUT2D eigenvalue weighted by Gasteiger charge is 2.28. The number of carbonyl (C=O) groups is 1. The zero-order chi connectivity index (χ0) is 19.1. The van der Waals surface area contributed by atoms with Crippen molar-refractivity contribution in [2.45, 2.75) is 44.6 Å². The predicted molar refractivity (Wildman–Crippen MR) is 102 cm³/mol. The summed E-state index contributed by atoms with van der Waals surface area (Å²) in [5.41, 5.74) is 0. The molecular formula is C20H28N4O3. The molecule has 1 aliphatic heterocycles. The van der Waals surface area contributed by atoms with Gasteiger partial charge in [-0.3, -0.25) is 4.79 Å². The molecule has 27 heavy (non-hydrogen) atoms. The third-order valence-corrected chi connectivity index (χ3v) is 4.92. The average Bonchev–Trinajstić information content (AvgIpc) is 3.17. The zero-order valence-electron chi connectivity index (χ0n) is 16.1. The Balaban J connectivity index is 1.49. The smallest absolute Gasteiger partial charge is 0.231 e. The fourth-order valence-electron chi connectivity index (χ4n) is 3.23. The number of nitrogens with one attached hydrogen (secondary N) is 1. The number of piperidine rings is 1. The number of hydrogen-bond acceptors (Lipinski definition) is 6. The van der Waals surface area contributed by atoms with Crippen LogP contribution in [0.25, 0.3) is 0 Å². The maximum atomic E-state index is 12.5. The second-order valence-corrected chi connectivity index (χ2v) is 7.03. The molecule has 0 spiro atoms. The Hall–Kier alpha value is -2.41. The summed E-state index contributed by atoms with van der Waals surface area (Å²) < 4.78 is 11.1. The number of amides is 1. The third kappa shape index (κ3) is 5.53. The summed E-state index contributed by atoms with van der Waals surface area (Å²) in [6.45, 7) is 3.87. The number of benzene rings is 1. The van der Waals surface area contributed by atoms with Crippen molar-refractivity contribution in [3.8, 4) is 5.75 Å². The van der Waals surface area contributed by atoms with Crippen LogP contribution in [0.15, 0.2) is 34.9 Å². The molecule has 1 saturated heterocycles. The minimum Gasteiger partial charge on any atom is -0.493 e. The van der Waals surface area contributed by atoms with Crippen molar-refractivity contribution in [3.63, 3.8) is 0 Å². The van der Waals surface area contributed by atoms with Gasteiger partial charge in [-0.15, -0.1) is 0 Å². The van der Waals surface area contributed by atoms with Crippen LogP contribution in [-0.4, -0.2) is 53.7 Å². The van der Waals surface area contributed by atoms with Crippen molar-refractivity contribution in [1.82, 2.24) is 20.4 Å². The fraction of sp³-hybridized carbons (Fsp3) is 0.550. The number of carbonyl (C=O) groups excluding carboxylic acids is 1. The van der Waals surface area contributed by atoms with Crippen molar-refractivity contribution in [2.75, 3.05) is 26.7 Å². The van der Waals surface area contributed by atoms with Crippen molar-refractivity contribution >= 4 is 5.91 Å². The molecule has 2 unspecified atom stereocenters. The standard InChI is InChI=1S/C20H28N4O3/c1-15(21-2)13-18-22-20(27-23-18)16-7-6-11-24(14-16)19(25)10-12-26-17-8-4-3-5-9-17/h3-5,8-9,15-16,21H,6-7,10-14H2,1-2H3. The molecule has 7 heteroatoms. The van der Waals surface area contributed by atoms with E-state index < -0.39 is 0 Å². The van der Waals surface area contributed by atoms with Gasteiger partial charge in [-0.2, -0.15) is 4.98 Å². The summed E-state index contributed by atoms with van der Waals surface area (Å²) in [6.07, 6.45) is 3.01. The Morgan fingerprint density at radius 3 is 3.00 bits per heavy atom. The average molecular weight is 372 g/mol. The minimum absolute atomic E-state index is 0.110. The van der Waals surface area contributed by atoms with Gasteiger partial charge in [0.25, 0.3) is 0 Å². The highest BCUT2D eigenvalue weighted by atomic mass is 16.5. The van der Waals surface area contributed by atoms with Crippen LogP contribution in [0, 0.1) is 0 Å². The van der Waals surface area contributed by atoms with E-state index in [1.165, 1.54) is 0 Å². The Labute approximate surface area is 160 Å². The monoisotopic (exact) mass is 372 g/mol. The van der Waals surface area contributed by atoms with Gasteiger partial charge in [-0.25, -0.2) is 0 Å². The van der Waals surface area contributed by atoms with Crippen LogP contribution in [0.4, 0.5) is 0 Å². The summed E-state index contributed by atoms with van der Waals surface area (Å²) in [5, 5.41) is 7.25. The normalized spacial score (nSPS) is 18.3. The summed E-state index contributed by atoms with van der Waals surface area (Å²) >= 11 is 0. The lowest BCUT2D eigenvalue weighted by atomic mass is 9.97. The van der Waals surface area contributed by atoms with Crippen molar-refractivity contribution in [3.05, 3.63) is 42.0 Å². The topological polar surface area (TPSA) is 80.5 Å². The van der Waals surface area contributed by atoms with Gasteiger partial charge in [0.15, 0.2) is 5.82 Å². The lowest BCUT2D eigenvalue weighted by molar-refractivity contribution is -0.133. The first-order valence-electron chi connectivity index (χ1n) is 9.61. The van der Waals surface area contributed by atoms with Gasteiger partial charge in [0, 0.05) is 25.6 Å². The molecule has 1 aromatic carbocycles. The van der Waals surface area contributed by atoms with Crippen LogP contribution in [0.5, 0.6) is 5.75 Å². The Kier molecular flexibility index (Phi) is 6.81. The highest BCUT2D eigenvalue weighted by molar-refractivity contribution is 5.76. The molecular weight excluding hydrogens is 344 g/mol. The summed E-state index contributed by atoms with van der Waals surface area (Å²) in [5.74, 6) is 2.37. The third-order valence-electron chi connectivity index (χ3n) is 4.92. The molecule has 1 fully saturated rings. The second kappa shape index (κ2) is 9.50. The zero-order valence-corrected chi connectivity index (χ0v) is 16.1. The Bertz CT molecular complexity index is 719. The predicted octanol–water partition coefficient (Wildman–Crippen LogP) is 2.40. The maximum Gasteiger partial charge on any atom is 0.231 e. The SMILES string of the molecule is CNC(C)Cc1noc(C2CCCN(C(=O)CCOc3ccccc3)C2)n1. The van der Waals surface area contributed by atoms with Gasteiger partial charge in [-0.05, 0) is 38.9 Å². The van der Waals surface area contributed by atoms with E-state index in [1.54, 1.807) is 0 Å². The van der Waals surface area contributed by atoms with Crippen molar-refractivity contribution in [2.24, 2.45) is 0 Å². The molecule has 1 amide bonds. The molecule has 0 radical (unpaired) electrons. The van der Waals surface area contributed by atoms with E-state index >= 15 is 0 Å². The molecule has 2 atom stereocenters. The van der Waals surface area contributed by atoms with Gasteiger partial charge in [-0.1, -0.05) is 23.4 Å². The van der Waals surface area contributed by atoms with E-state index in [0.29, 0.717) is 37.3 Å². The molecule has 3 rings (SSSR count). The van der Waals surface area contributed by atoms with Crippen molar-refractivity contribution in [1.29, 1.82) is 0 Å². The van der Waals surface area contributed by atoms with Crippen LogP contribution >= 0.6 is 0 Å². The van der Waals surface area contributed by atoms with Crippen LogP contribution < -0.4 is 10.1 Å². The first-order valence-corrected chi connectivity index (χ1v) is 9.61. The number of para-hydroxylation sites is 1. The van der Waals surface area contributed by atoms with Gasteiger partial charge >= 0.3 is 0 Å². The molecule has 1 aromatic heterocycles. The molecule has 0 bridgehead atoms. The van der Waals surface area contributed by atoms with E-state index in [9.17, 15) is 4.79 Å². The van der Waals surface area contributed by atoms with Gasteiger partial charge in [0.2, 0.25) is 11.8 Å². The van der Waals surface area contributed by atoms with Crippen molar-refractivity contribution < 1.29 is 14.1 Å². The highest BCUT2D eigenvalue weighted by Crippen LogP contribution is 2.26. The molecule has 2 heterocycles. The van der Waals surface area contributed by atoms with E-state index in [-0.39, 0.29) is 11.8 Å². The molecule has 7 nitrogen and oxygen atoms in total. The first-order chi connectivity index (χ1) is 13.2.